The molecule has 0 spiro atoms. The van der Waals surface area contributed by atoms with Crippen LogP contribution in [0.15, 0.2) is 48.5 Å². The zero-order valence-electron chi connectivity index (χ0n) is 15.9. The lowest BCUT2D eigenvalue weighted by Crippen LogP contribution is -3.00. The molecule has 2 heterocycles. The number of pyridine rings is 1. The number of nitrogens with zero attached hydrogens (tertiary/aromatic N) is 1. The van der Waals surface area contributed by atoms with Crippen molar-refractivity contribution in [3.05, 3.63) is 74.6 Å². The predicted molar refractivity (Wildman–Crippen MR) is 122 cm³/mol. The molecule has 29 heavy (non-hydrogen) atoms. The fourth-order valence-corrected chi connectivity index (χ4v) is 6.06. The molecular weight excluding hydrogens is 441 g/mol. The molecule has 148 valence electrons. The number of fused-ring (bicyclic) bond motifs is 3. The van der Waals surface area contributed by atoms with Crippen molar-refractivity contribution in [1.29, 1.82) is 0 Å². The Morgan fingerprint density at radius 3 is 2.48 bits per heavy atom. The Hall–Kier alpha value is -1.58. The van der Waals surface area contributed by atoms with Gasteiger partial charge in [0.2, 0.25) is 0 Å². The van der Waals surface area contributed by atoms with E-state index in [-0.39, 0.29) is 12.4 Å². The van der Waals surface area contributed by atoms with Crippen molar-refractivity contribution in [3.63, 3.8) is 0 Å². The maximum Gasteiger partial charge on any atom is 0.125 e. The maximum absolute atomic E-state index is 6.57. The highest BCUT2D eigenvalue weighted by Crippen LogP contribution is 2.45. The highest BCUT2D eigenvalue weighted by molar-refractivity contribution is 7.19. The normalized spacial score (nSPS) is 13.2. The van der Waals surface area contributed by atoms with E-state index in [2.05, 4.69) is 37.3 Å². The van der Waals surface area contributed by atoms with Gasteiger partial charge in [0, 0.05) is 20.8 Å². The van der Waals surface area contributed by atoms with E-state index in [4.69, 9.17) is 28.2 Å². The van der Waals surface area contributed by atoms with Crippen molar-refractivity contribution in [2.24, 2.45) is 0 Å². The lowest BCUT2D eigenvalue weighted by molar-refractivity contribution is -0.00000526. The molecule has 5 rings (SSSR count). The largest absolute Gasteiger partial charge is 1.00 e. The van der Waals surface area contributed by atoms with Crippen LogP contribution in [-0.4, -0.2) is 4.98 Å². The third-order valence-corrected chi connectivity index (χ3v) is 7.33. The highest BCUT2D eigenvalue weighted by atomic mass is 35.5. The number of aryl methyl sites for hydroxylation is 2. The monoisotopic (exact) mass is 458 g/mol. The third-order valence-electron chi connectivity index (χ3n) is 5.59. The van der Waals surface area contributed by atoms with Crippen molar-refractivity contribution in [3.8, 4) is 22.4 Å². The summed E-state index contributed by atoms with van der Waals surface area (Å²) in [4.78, 5) is 7.74. The molecule has 0 radical (unpaired) electrons. The molecule has 0 atom stereocenters. The molecule has 0 fully saturated rings. The Balaban J connectivity index is 0.00000205. The molecule has 0 bridgehead atoms. The van der Waals surface area contributed by atoms with Gasteiger partial charge >= 0.3 is 0 Å². The van der Waals surface area contributed by atoms with Crippen LogP contribution < -0.4 is 12.4 Å². The number of hydrogen-bond donors (Lipinski definition) is 0. The first kappa shape index (κ1) is 20.7. The molecule has 0 amide bonds. The van der Waals surface area contributed by atoms with Crippen LogP contribution in [0.25, 0.3) is 32.6 Å². The molecule has 0 N–H and O–H groups in total. The molecule has 2 aromatic heterocycles. The summed E-state index contributed by atoms with van der Waals surface area (Å²) in [5, 5.41) is 2.63. The second kappa shape index (κ2) is 8.28. The van der Waals surface area contributed by atoms with Crippen molar-refractivity contribution in [2.75, 3.05) is 0 Å². The zero-order valence-corrected chi connectivity index (χ0v) is 19.0. The summed E-state index contributed by atoms with van der Waals surface area (Å²) in [6.45, 7) is 2.17. The van der Waals surface area contributed by atoms with Crippen LogP contribution >= 0.6 is 34.5 Å². The van der Waals surface area contributed by atoms with Gasteiger partial charge in [0.05, 0.1) is 10.7 Å². The SMILES string of the molecule is Cc1c(-c2ccc(Cl)cc2Cl)nc2sc3c(c2c1-c1ccccc1)CCCC3.[Cl-]. The number of rotatable bonds is 2. The number of aromatic nitrogens is 1. The van der Waals surface area contributed by atoms with Gasteiger partial charge in [0.25, 0.3) is 0 Å². The quantitative estimate of drug-likeness (QED) is 0.405. The molecule has 1 aliphatic rings. The molecule has 5 heteroatoms. The number of thiophene rings is 1. The fourth-order valence-electron chi connectivity index (χ4n) is 4.29. The Morgan fingerprint density at radius 1 is 0.966 bits per heavy atom. The van der Waals surface area contributed by atoms with Gasteiger partial charge in [-0.25, -0.2) is 4.98 Å². The minimum absolute atomic E-state index is 0. The zero-order chi connectivity index (χ0) is 19.3. The molecule has 2 aromatic carbocycles. The number of benzene rings is 2. The van der Waals surface area contributed by atoms with Crippen molar-refractivity contribution in [2.45, 2.75) is 32.6 Å². The molecule has 0 unspecified atom stereocenters. The van der Waals surface area contributed by atoms with E-state index in [9.17, 15) is 0 Å². The van der Waals surface area contributed by atoms with E-state index in [1.54, 1.807) is 6.07 Å². The molecular formula is C24H19Cl3NS-. The van der Waals surface area contributed by atoms with Gasteiger partial charge in [-0.15, -0.1) is 11.3 Å². The van der Waals surface area contributed by atoms with Gasteiger partial charge in [-0.1, -0.05) is 53.5 Å². The predicted octanol–water partition coefficient (Wildman–Crippen LogP) is 5.13. The highest BCUT2D eigenvalue weighted by Gasteiger charge is 2.24. The van der Waals surface area contributed by atoms with Gasteiger partial charge in [-0.3, -0.25) is 0 Å². The summed E-state index contributed by atoms with van der Waals surface area (Å²) in [6.07, 6.45) is 4.85. The van der Waals surface area contributed by atoms with Gasteiger partial charge in [-0.2, -0.15) is 0 Å². The van der Waals surface area contributed by atoms with E-state index < -0.39 is 0 Å². The molecule has 1 nitrogen and oxygen atoms in total. The smallest absolute Gasteiger partial charge is 0.125 e. The molecule has 4 aromatic rings. The minimum atomic E-state index is 0. The summed E-state index contributed by atoms with van der Waals surface area (Å²) in [5.74, 6) is 0. The van der Waals surface area contributed by atoms with Gasteiger partial charge in [-0.05, 0) is 73.1 Å². The Morgan fingerprint density at radius 2 is 1.72 bits per heavy atom. The first-order valence-corrected chi connectivity index (χ1v) is 11.2. The van der Waals surface area contributed by atoms with Crippen LogP contribution in [0.2, 0.25) is 10.0 Å². The molecule has 0 saturated heterocycles. The van der Waals surface area contributed by atoms with Crippen LogP contribution in [0.4, 0.5) is 0 Å². The van der Waals surface area contributed by atoms with Crippen LogP contribution in [0.5, 0.6) is 0 Å². The average molecular weight is 460 g/mol. The summed E-state index contributed by atoms with van der Waals surface area (Å²) < 4.78 is 0. The summed E-state index contributed by atoms with van der Waals surface area (Å²) in [5.41, 5.74) is 7.11. The average Bonchev–Trinajstić information content (AvgIpc) is 3.07. The Labute approximate surface area is 191 Å². The summed E-state index contributed by atoms with van der Waals surface area (Å²) >= 11 is 14.6. The van der Waals surface area contributed by atoms with Gasteiger partial charge < -0.3 is 12.4 Å². The second-order valence-corrected chi connectivity index (χ2v) is 9.27. The van der Waals surface area contributed by atoms with Gasteiger partial charge in [0.15, 0.2) is 0 Å². The minimum Gasteiger partial charge on any atom is -1.00 e. The first-order chi connectivity index (χ1) is 13.6. The Bertz CT molecular complexity index is 1200. The lowest BCUT2D eigenvalue weighted by Gasteiger charge is -2.17. The van der Waals surface area contributed by atoms with Crippen LogP contribution in [0.1, 0.15) is 28.8 Å². The van der Waals surface area contributed by atoms with Gasteiger partial charge in [0.1, 0.15) is 4.83 Å². The van der Waals surface area contributed by atoms with Crippen molar-refractivity contribution < 1.29 is 12.4 Å². The van der Waals surface area contributed by atoms with E-state index in [1.807, 2.05) is 23.5 Å². The van der Waals surface area contributed by atoms with Crippen molar-refractivity contribution in [1.82, 2.24) is 4.98 Å². The topological polar surface area (TPSA) is 12.9 Å². The summed E-state index contributed by atoms with van der Waals surface area (Å²) in [7, 11) is 0. The van der Waals surface area contributed by atoms with Crippen molar-refractivity contribution >= 4 is 44.8 Å². The van der Waals surface area contributed by atoms with Crippen LogP contribution in [0, 0.1) is 6.92 Å². The van der Waals surface area contributed by atoms with E-state index in [0.29, 0.717) is 10.0 Å². The standard InChI is InChI=1S/C24H19Cl2NS.ClH/c1-14-21(15-7-3-2-4-8-15)22-18-9-5-6-10-20(18)28-24(22)27-23(14)17-12-11-16(25)13-19(17)26;/h2-4,7-8,11-13H,5-6,9-10H2,1H3;1H/p-1. The molecule has 1 aliphatic carbocycles. The summed E-state index contributed by atoms with van der Waals surface area (Å²) in [6, 6.07) is 16.3. The molecule has 0 aliphatic heterocycles. The first-order valence-electron chi connectivity index (χ1n) is 9.59. The molecule has 0 saturated carbocycles. The second-order valence-electron chi connectivity index (χ2n) is 7.34. The number of hydrogen-bond acceptors (Lipinski definition) is 2. The maximum atomic E-state index is 6.57. The van der Waals surface area contributed by atoms with E-state index >= 15 is 0 Å². The Kier molecular flexibility index (Phi) is 5.90. The number of halogens is 3. The van der Waals surface area contributed by atoms with E-state index in [1.165, 1.54) is 51.8 Å². The fraction of sp³-hybridized carbons (Fsp3) is 0.208. The van der Waals surface area contributed by atoms with Crippen LogP contribution in [-0.2, 0) is 12.8 Å². The van der Waals surface area contributed by atoms with Crippen LogP contribution in [0.3, 0.4) is 0 Å². The third kappa shape index (κ3) is 3.57. The lowest BCUT2D eigenvalue weighted by atomic mass is 9.89. The van der Waals surface area contributed by atoms with E-state index in [0.717, 1.165) is 22.5 Å².